The maximum Gasteiger partial charge on any atom is 0.146 e. The van der Waals surface area contributed by atoms with E-state index in [1.165, 1.54) is 0 Å². The molecule has 18 heavy (non-hydrogen) atoms. The van der Waals surface area contributed by atoms with Crippen LogP contribution in [-0.4, -0.2) is 9.97 Å². The summed E-state index contributed by atoms with van der Waals surface area (Å²) < 4.78 is 14.4. The zero-order valence-corrected chi connectivity index (χ0v) is 11.1. The number of nitrogens with zero attached hydrogens (tertiary/aromatic N) is 2. The number of nitrogen functional groups attached to an aromatic ring is 1. The largest absolute Gasteiger partial charge is 0.384 e. The van der Waals surface area contributed by atoms with Gasteiger partial charge in [0.2, 0.25) is 0 Å². The molecule has 1 aliphatic rings. The molecule has 1 heterocycles. The molecule has 3 rings (SSSR count). The highest BCUT2D eigenvalue weighted by Gasteiger charge is 2.27. The lowest BCUT2D eigenvalue weighted by molar-refractivity contribution is 0.624. The molecule has 0 radical (unpaired) electrons. The van der Waals surface area contributed by atoms with E-state index in [0.29, 0.717) is 27.5 Å². The van der Waals surface area contributed by atoms with Crippen LogP contribution in [0.2, 0.25) is 0 Å². The van der Waals surface area contributed by atoms with E-state index in [-0.39, 0.29) is 5.82 Å². The van der Waals surface area contributed by atoms with E-state index >= 15 is 0 Å². The van der Waals surface area contributed by atoms with Gasteiger partial charge in [-0.3, -0.25) is 0 Å². The Morgan fingerprint density at radius 3 is 2.78 bits per heavy atom. The molecule has 1 aromatic heterocycles. The second kappa shape index (κ2) is 4.31. The average molecular weight is 308 g/mol. The van der Waals surface area contributed by atoms with E-state index in [4.69, 9.17) is 5.73 Å². The third-order valence-corrected chi connectivity index (χ3v) is 3.55. The van der Waals surface area contributed by atoms with Gasteiger partial charge >= 0.3 is 0 Å². The summed E-state index contributed by atoms with van der Waals surface area (Å²) in [5.41, 5.74) is 6.75. The van der Waals surface area contributed by atoms with Crippen LogP contribution in [-0.2, 0) is 0 Å². The normalized spacial score (nSPS) is 14.8. The Labute approximate surface area is 112 Å². The predicted molar refractivity (Wildman–Crippen MR) is 71.5 cm³/mol. The third-order valence-electron chi connectivity index (χ3n) is 2.93. The molecule has 0 bridgehead atoms. The van der Waals surface area contributed by atoms with Gasteiger partial charge in [0.15, 0.2) is 0 Å². The molecule has 0 amide bonds. The molecule has 2 N–H and O–H groups in total. The van der Waals surface area contributed by atoms with E-state index in [0.717, 1.165) is 18.7 Å². The molecule has 0 aliphatic heterocycles. The first-order chi connectivity index (χ1) is 8.65. The molecule has 0 saturated heterocycles. The first kappa shape index (κ1) is 11.6. The summed E-state index contributed by atoms with van der Waals surface area (Å²) in [6, 6.07) is 6.73. The fraction of sp³-hybridized carbons (Fsp3) is 0.231. The van der Waals surface area contributed by atoms with Gasteiger partial charge in [0.1, 0.15) is 17.5 Å². The summed E-state index contributed by atoms with van der Waals surface area (Å²) in [4.78, 5) is 8.62. The van der Waals surface area contributed by atoms with E-state index in [1.807, 2.05) is 0 Å². The van der Waals surface area contributed by atoms with Gasteiger partial charge in [-0.1, -0.05) is 6.07 Å². The Morgan fingerprint density at radius 2 is 2.06 bits per heavy atom. The van der Waals surface area contributed by atoms with Crippen LogP contribution in [0.25, 0.3) is 11.3 Å². The zero-order valence-electron chi connectivity index (χ0n) is 9.53. The van der Waals surface area contributed by atoms with Crippen LogP contribution in [0.1, 0.15) is 24.6 Å². The molecule has 3 nitrogen and oxygen atoms in total. The van der Waals surface area contributed by atoms with Crippen molar-refractivity contribution in [3.8, 4) is 11.3 Å². The second-order valence-electron chi connectivity index (χ2n) is 4.41. The van der Waals surface area contributed by atoms with Gasteiger partial charge in [-0.05, 0) is 40.9 Å². The van der Waals surface area contributed by atoms with Crippen molar-refractivity contribution in [1.29, 1.82) is 0 Å². The number of hydrogen-bond acceptors (Lipinski definition) is 3. The summed E-state index contributed by atoms with van der Waals surface area (Å²) in [5, 5.41) is 0. The first-order valence-corrected chi connectivity index (χ1v) is 6.53. The summed E-state index contributed by atoms with van der Waals surface area (Å²) in [6.45, 7) is 0. The van der Waals surface area contributed by atoms with E-state index < -0.39 is 0 Å². The SMILES string of the molecule is Nc1cc(-c2cccc(Br)c2F)nc(C2CC2)n1. The van der Waals surface area contributed by atoms with Crippen molar-refractivity contribution in [2.24, 2.45) is 0 Å². The Balaban J connectivity index is 2.13. The predicted octanol–water partition coefficient (Wildman–Crippen LogP) is 3.50. The van der Waals surface area contributed by atoms with Crippen molar-refractivity contribution < 1.29 is 4.39 Å². The lowest BCUT2D eigenvalue weighted by atomic mass is 10.1. The maximum atomic E-state index is 14.0. The highest BCUT2D eigenvalue weighted by molar-refractivity contribution is 9.10. The molecule has 0 unspecified atom stereocenters. The molecule has 2 aromatic rings. The fourth-order valence-corrected chi connectivity index (χ4v) is 2.22. The summed E-state index contributed by atoms with van der Waals surface area (Å²) in [6.07, 6.45) is 2.17. The van der Waals surface area contributed by atoms with Crippen molar-refractivity contribution in [1.82, 2.24) is 9.97 Å². The molecule has 5 heteroatoms. The standard InChI is InChI=1S/C13H11BrFN3/c14-9-3-1-2-8(12(9)15)10-6-11(16)18-13(17-10)7-4-5-7/h1-3,6-7H,4-5H2,(H2,16,17,18). The molecule has 1 aromatic carbocycles. The monoisotopic (exact) mass is 307 g/mol. The van der Waals surface area contributed by atoms with Crippen molar-refractivity contribution >= 4 is 21.7 Å². The number of aromatic nitrogens is 2. The van der Waals surface area contributed by atoms with Crippen LogP contribution in [0.15, 0.2) is 28.7 Å². The van der Waals surface area contributed by atoms with Gasteiger partial charge in [-0.15, -0.1) is 0 Å². The Bertz CT molecular complexity index is 611. The van der Waals surface area contributed by atoms with Crippen molar-refractivity contribution in [3.63, 3.8) is 0 Å². The Morgan fingerprint density at radius 1 is 1.28 bits per heavy atom. The lowest BCUT2D eigenvalue weighted by Gasteiger charge is -2.07. The van der Waals surface area contributed by atoms with Crippen LogP contribution in [0.3, 0.4) is 0 Å². The summed E-state index contributed by atoms with van der Waals surface area (Å²) >= 11 is 3.17. The minimum atomic E-state index is -0.322. The molecule has 1 saturated carbocycles. The molecular formula is C13H11BrFN3. The average Bonchev–Trinajstić information content (AvgIpc) is 3.16. The van der Waals surface area contributed by atoms with Gasteiger partial charge in [-0.2, -0.15) is 0 Å². The van der Waals surface area contributed by atoms with Crippen molar-refractivity contribution in [3.05, 3.63) is 40.4 Å². The highest BCUT2D eigenvalue weighted by Crippen LogP contribution is 2.39. The molecular weight excluding hydrogens is 297 g/mol. The minimum absolute atomic E-state index is 0.322. The van der Waals surface area contributed by atoms with E-state index in [9.17, 15) is 4.39 Å². The van der Waals surface area contributed by atoms with E-state index in [2.05, 4.69) is 25.9 Å². The topological polar surface area (TPSA) is 51.8 Å². The molecule has 1 aliphatic carbocycles. The Kier molecular flexibility index (Phi) is 2.78. The van der Waals surface area contributed by atoms with Crippen LogP contribution >= 0.6 is 15.9 Å². The molecule has 1 fully saturated rings. The van der Waals surface area contributed by atoms with Gasteiger partial charge < -0.3 is 5.73 Å². The van der Waals surface area contributed by atoms with Crippen LogP contribution in [0.4, 0.5) is 10.2 Å². The van der Waals surface area contributed by atoms with Gasteiger partial charge in [0.05, 0.1) is 10.2 Å². The quantitative estimate of drug-likeness (QED) is 0.923. The summed E-state index contributed by atoms with van der Waals surface area (Å²) in [7, 11) is 0. The fourth-order valence-electron chi connectivity index (χ4n) is 1.85. The zero-order chi connectivity index (χ0) is 12.7. The molecule has 0 spiro atoms. The third kappa shape index (κ3) is 2.10. The molecule has 92 valence electrons. The minimum Gasteiger partial charge on any atom is -0.384 e. The van der Waals surface area contributed by atoms with Gasteiger partial charge in [0.25, 0.3) is 0 Å². The molecule has 0 atom stereocenters. The van der Waals surface area contributed by atoms with Crippen molar-refractivity contribution in [2.75, 3.05) is 5.73 Å². The van der Waals surface area contributed by atoms with E-state index in [1.54, 1.807) is 24.3 Å². The maximum absolute atomic E-state index is 14.0. The van der Waals surface area contributed by atoms with Crippen LogP contribution in [0, 0.1) is 5.82 Å². The highest BCUT2D eigenvalue weighted by atomic mass is 79.9. The number of halogens is 2. The van der Waals surface area contributed by atoms with Crippen LogP contribution in [0.5, 0.6) is 0 Å². The number of rotatable bonds is 2. The first-order valence-electron chi connectivity index (χ1n) is 5.74. The number of hydrogen-bond donors (Lipinski definition) is 1. The van der Waals surface area contributed by atoms with Crippen LogP contribution < -0.4 is 5.73 Å². The smallest absolute Gasteiger partial charge is 0.146 e. The summed E-state index contributed by atoms with van der Waals surface area (Å²) in [5.74, 6) is 1.19. The van der Waals surface area contributed by atoms with Gasteiger partial charge in [0, 0.05) is 17.5 Å². The second-order valence-corrected chi connectivity index (χ2v) is 5.27. The Hall–Kier alpha value is -1.49. The van der Waals surface area contributed by atoms with Gasteiger partial charge in [-0.25, -0.2) is 14.4 Å². The number of nitrogens with two attached hydrogens (primary N) is 1. The van der Waals surface area contributed by atoms with Crippen molar-refractivity contribution in [2.45, 2.75) is 18.8 Å². The number of anilines is 1. The lowest BCUT2D eigenvalue weighted by Crippen LogP contribution is -2.01. The number of benzene rings is 1.